The highest BCUT2D eigenvalue weighted by Gasteiger charge is 2.44. The summed E-state index contributed by atoms with van der Waals surface area (Å²) in [6, 6.07) is 29.2. The molecule has 8 rings (SSSR count). The quantitative estimate of drug-likeness (QED) is 0.129. The van der Waals surface area contributed by atoms with Crippen molar-refractivity contribution in [2.75, 3.05) is 21.3 Å². The first-order valence-corrected chi connectivity index (χ1v) is 18.0. The van der Waals surface area contributed by atoms with Gasteiger partial charge in [-0.25, -0.2) is 18.2 Å². The summed E-state index contributed by atoms with van der Waals surface area (Å²) in [5, 5.41) is 0. The number of amides is 4. The fourth-order valence-corrected chi connectivity index (χ4v) is 7.95. The Morgan fingerprint density at radius 2 is 0.873 bits per heavy atom. The van der Waals surface area contributed by atoms with Crippen molar-refractivity contribution in [3.05, 3.63) is 155 Å². The molecule has 2 heterocycles. The summed E-state index contributed by atoms with van der Waals surface area (Å²) in [6.07, 6.45) is -5.19. The number of sulfone groups is 1. The van der Waals surface area contributed by atoms with Crippen molar-refractivity contribution in [1.82, 2.24) is 0 Å². The van der Waals surface area contributed by atoms with Crippen molar-refractivity contribution < 1.29 is 40.8 Å². The molecule has 0 spiro atoms. The fourth-order valence-electron chi connectivity index (χ4n) is 6.66. The summed E-state index contributed by atoms with van der Waals surface area (Å²) in [5.74, 6) is -3.30. The smallest absolute Gasteiger partial charge is 0.399 e. The lowest BCUT2D eigenvalue weighted by atomic mass is 10.00. The van der Waals surface area contributed by atoms with E-state index < -0.39 is 60.7 Å². The average Bonchev–Trinajstić information content (AvgIpc) is 3.57. The van der Waals surface area contributed by atoms with Crippen LogP contribution in [0.25, 0.3) is 22.3 Å². The second-order valence-corrected chi connectivity index (χ2v) is 14.8. The number of nitrogens with zero attached hydrogens (tertiary/aromatic N) is 2. The standard InChI is InChI=1S/C41H25F3N4O6S/c42-41(43,44)35-21-30(15-18-36(35)48-38(50)32-17-6-25(20-34(32)40(48)52)23-3-9-27(46)10-4-23)55(53,54)29-13-11-28(12-14-29)47-37(49)31-16-5-24(19-33(31)39(47)51)22-1-7-26(45)8-2-22/h1-21H,45-46H2. The van der Waals surface area contributed by atoms with Gasteiger partial charge in [0.05, 0.1) is 49.0 Å². The molecular weight excluding hydrogens is 734 g/mol. The van der Waals surface area contributed by atoms with E-state index in [9.17, 15) is 40.8 Å². The maximum Gasteiger partial charge on any atom is 0.418 e. The minimum Gasteiger partial charge on any atom is -0.399 e. The lowest BCUT2D eigenvalue weighted by Crippen LogP contribution is -2.31. The van der Waals surface area contributed by atoms with Crippen LogP contribution in [0.2, 0.25) is 0 Å². The van der Waals surface area contributed by atoms with Gasteiger partial charge < -0.3 is 11.5 Å². The second kappa shape index (κ2) is 12.5. The second-order valence-electron chi connectivity index (χ2n) is 12.8. The van der Waals surface area contributed by atoms with Gasteiger partial charge in [-0.2, -0.15) is 13.2 Å². The highest BCUT2D eigenvalue weighted by Crippen LogP contribution is 2.42. The summed E-state index contributed by atoms with van der Waals surface area (Å²) in [5.41, 5.74) is 12.9. The summed E-state index contributed by atoms with van der Waals surface area (Å²) in [7, 11) is -4.64. The Bertz CT molecular complexity index is 2750. The largest absolute Gasteiger partial charge is 0.418 e. The number of fused-ring (bicyclic) bond motifs is 2. The Kier molecular flexibility index (Phi) is 7.97. The Balaban J connectivity index is 1.08. The number of carbonyl (C=O) groups is 4. The summed E-state index contributed by atoms with van der Waals surface area (Å²) in [4.78, 5) is 53.7. The zero-order valence-electron chi connectivity index (χ0n) is 28.2. The molecule has 0 aromatic heterocycles. The van der Waals surface area contributed by atoms with Crippen LogP contribution in [0.3, 0.4) is 0 Å². The van der Waals surface area contributed by atoms with Crippen LogP contribution in [0.15, 0.2) is 137 Å². The third-order valence-corrected chi connectivity index (χ3v) is 11.3. The number of carbonyl (C=O) groups excluding carboxylic acids is 4. The molecule has 55 heavy (non-hydrogen) atoms. The number of nitrogens with two attached hydrogens (primary N) is 2. The molecule has 0 atom stereocenters. The van der Waals surface area contributed by atoms with E-state index in [1.807, 2.05) is 0 Å². The van der Waals surface area contributed by atoms with E-state index in [0.717, 1.165) is 34.7 Å². The third-order valence-electron chi connectivity index (χ3n) is 9.49. The van der Waals surface area contributed by atoms with Crippen LogP contribution in [-0.4, -0.2) is 32.0 Å². The van der Waals surface area contributed by atoms with Crippen LogP contribution in [-0.2, 0) is 16.0 Å². The number of anilines is 4. The van der Waals surface area contributed by atoms with E-state index in [-0.39, 0.29) is 27.9 Å². The minimum absolute atomic E-state index is 0.0377. The van der Waals surface area contributed by atoms with Crippen molar-refractivity contribution in [2.24, 2.45) is 0 Å². The summed E-state index contributed by atoms with van der Waals surface area (Å²) in [6.45, 7) is 0. The lowest BCUT2D eigenvalue weighted by molar-refractivity contribution is -0.137. The molecule has 14 heteroatoms. The first-order valence-electron chi connectivity index (χ1n) is 16.5. The van der Waals surface area contributed by atoms with E-state index in [1.165, 1.54) is 30.3 Å². The molecule has 0 unspecified atom stereocenters. The molecule has 0 aliphatic carbocycles. The molecule has 4 N–H and O–H groups in total. The normalized spacial score (nSPS) is 14.1. The molecule has 10 nitrogen and oxygen atoms in total. The van der Waals surface area contributed by atoms with Crippen molar-refractivity contribution >= 4 is 56.2 Å². The number of imide groups is 2. The monoisotopic (exact) mass is 758 g/mol. The predicted octanol–water partition coefficient (Wildman–Crippen LogP) is 7.64. The number of alkyl halides is 3. The first-order chi connectivity index (χ1) is 26.1. The van der Waals surface area contributed by atoms with Crippen molar-refractivity contribution in [3.63, 3.8) is 0 Å². The van der Waals surface area contributed by atoms with Crippen molar-refractivity contribution in [3.8, 4) is 22.3 Å². The van der Waals surface area contributed by atoms with Gasteiger partial charge in [0.15, 0.2) is 0 Å². The lowest BCUT2D eigenvalue weighted by Gasteiger charge is -2.21. The Hall–Kier alpha value is -7.06. The Morgan fingerprint density at radius 3 is 1.36 bits per heavy atom. The van der Waals surface area contributed by atoms with Crippen LogP contribution < -0.4 is 21.3 Å². The van der Waals surface area contributed by atoms with Crippen LogP contribution in [0.4, 0.5) is 35.9 Å². The first kappa shape index (κ1) is 35.0. The minimum atomic E-state index is -5.19. The van der Waals surface area contributed by atoms with Crippen LogP contribution >= 0.6 is 0 Å². The van der Waals surface area contributed by atoms with Gasteiger partial charge in [0.25, 0.3) is 23.6 Å². The highest BCUT2D eigenvalue weighted by molar-refractivity contribution is 7.91. The van der Waals surface area contributed by atoms with E-state index in [2.05, 4.69) is 0 Å². The number of nitrogen functional groups attached to an aromatic ring is 2. The van der Waals surface area contributed by atoms with Crippen molar-refractivity contribution in [1.29, 1.82) is 0 Å². The summed E-state index contributed by atoms with van der Waals surface area (Å²) >= 11 is 0. The van der Waals surface area contributed by atoms with Crippen LogP contribution in [0.1, 0.15) is 47.0 Å². The molecule has 0 saturated carbocycles. The molecule has 2 aliphatic rings. The summed E-state index contributed by atoms with van der Waals surface area (Å²) < 4.78 is 71.2. The zero-order chi connectivity index (χ0) is 39.0. The van der Waals surface area contributed by atoms with Gasteiger partial charge in [-0.1, -0.05) is 36.4 Å². The average molecular weight is 759 g/mol. The molecule has 6 aromatic rings. The number of halogens is 3. The maximum atomic E-state index is 14.6. The SMILES string of the molecule is Nc1ccc(-c2ccc3c(c2)C(=O)N(c2ccc(S(=O)(=O)c4ccc(N5C(=O)c6ccc(-c7ccc(N)cc7)cc6C5=O)c(C(F)(F)F)c4)cc2)C3=O)cc1. The highest BCUT2D eigenvalue weighted by atomic mass is 32.2. The molecule has 2 aliphatic heterocycles. The number of rotatable bonds is 6. The Labute approximate surface area is 310 Å². The van der Waals surface area contributed by atoms with E-state index in [4.69, 9.17) is 11.5 Å². The molecular formula is C41H25F3N4O6S. The van der Waals surface area contributed by atoms with E-state index >= 15 is 0 Å². The van der Waals surface area contributed by atoms with Gasteiger partial charge in [-0.15, -0.1) is 0 Å². The van der Waals surface area contributed by atoms with Crippen molar-refractivity contribution in [2.45, 2.75) is 16.0 Å². The van der Waals surface area contributed by atoms with Gasteiger partial charge in [-0.05, 0) is 113 Å². The molecule has 0 bridgehead atoms. The van der Waals surface area contributed by atoms with Gasteiger partial charge in [0, 0.05) is 11.4 Å². The molecule has 272 valence electrons. The maximum absolute atomic E-state index is 14.6. The van der Waals surface area contributed by atoms with Gasteiger partial charge >= 0.3 is 6.18 Å². The van der Waals surface area contributed by atoms with Crippen LogP contribution in [0, 0.1) is 0 Å². The number of hydrogen-bond donors (Lipinski definition) is 2. The van der Waals surface area contributed by atoms with Gasteiger partial charge in [-0.3, -0.25) is 19.2 Å². The molecule has 0 radical (unpaired) electrons. The van der Waals surface area contributed by atoms with Crippen LogP contribution in [0.5, 0.6) is 0 Å². The predicted molar refractivity (Wildman–Crippen MR) is 198 cm³/mol. The fraction of sp³-hybridized carbons (Fsp3) is 0.0244. The third kappa shape index (κ3) is 5.79. The number of benzene rings is 6. The number of hydrogen-bond acceptors (Lipinski definition) is 8. The van der Waals surface area contributed by atoms with E-state index in [0.29, 0.717) is 39.0 Å². The molecule has 6 aromatic carbocycles. The van der Waals surface area contributed by atoms with E-state index in [1.54, 1.807) is 66.7 Å². The van der Waals surface area contributed by atoms with Gasteiger partial charge in [0.2, 0.25) is 9.84 Å². The molecule has 0 fully saturated rings. The molecule has 4 amide bonds. The van der Waals surface area contributed by atoms with Gasteiger partial charge in [0.1, 0.15) is 0 Å². The zero-order valence-corrected chi connectivity index (χ0v) is 29.0. The molecule has 0 saturated heterocycles. The Morgan fingerprint density at radius 1 is 0.455 bits per heavy atom. The topological polar surface area (TPSA) is 161 Å².